The van der Waals surface area contributed by atoms with Gasteiger partial charge in [-0.2, -0.15) is 0 Å². The van der Waals surface area contributed by atoms with Crippen molar-refractivity contribution >= 4 is 11.6 Å². The van der Waals surface area contributed by atoms with Crippen molar-refractivity contribution in [3.8, 4) is 11.5 Å². The highest BCUT2D eigenvalue weighted by Crippen LogP contribution is 2.26. The van der Waals surface area contributed by atoms with Gasteiger partial charge in [0.1, 0.15) is 11.5 Å². The Hall–Kier alpha value is -2.69. The molecule has 0 saturated carbocycles. The molecule has 2 rings (SSSR count). The second-order valence-corrected chi connectivity index (χ2v) is 4.33. The van der Waals surface area contributed by atoms with Crippen molar-refractivity contribution in [2.75, 3.05) is 14.2 Å². The molecule has 0 radical (unpaired) electrons. The number of carbonyl (C=O) groups excluding carboxylic acids is 2. The predicted molar refractivity (Wildman–Crippen MR) is 77.1 cm³/mol. The second kappa shape index (κ2) is 6.65. The molecule has 0 fully saturated rings. The lowest BCUT2D eigenvalue weighted by molar-refractivity contribution is 0.0892. The second-order valence-electron chi connectivity index (χ2n) is 4.33. The highest BCUT2D eigenvalue weighted by atomic mass is 16.5. The normalized spacial score (nSPS) is 10.0. The average Bonchev–Trinajstić information content (AvgIpc) is 2.54. The maximum atomic E-state index is 12.2. The summed E-state index contributed by atoms with van der Waals surface area (Å²) in [6.45, 7) is 0. The minimum atomic E-state index is -0.302. The zero-order valence-electron chi connectivity index (χ0n) is 11.8. The molecule has 0 unspecified atom stereocenters. The molecule has 5 heteroatoms. The molecule has 21 heavy (non-hydrogen) atoms. The number of hydrogen-bond acceptors (Lipinski definition) is 5. The number of hydrogen-bond donors (Lipinski definition) is 0. The number of methoxy groups -OCH3 is 2. The van der Waals surface area contributed by atoms with Crippen LogP contribution in [-0.2, 0) is 0 Å². The SMILES string of the molecule is COc1ccc(C(=O)CC(=O)c2cccnc2)c(OC)c1. The molecule has 1 aromatic heterocycles. The smallest absolute Gasteiger partial charge is 0.174 e. The van der Waals surface area contributed by atoms with Gasteiger partial charge in [0.2, 0.25) is 0 Å². The monoisotopic (exact) mass is 285 g/mol. The third-order valence-corrected chi connectivity index (χ3v) is 3.01. The van der Waals surface area contributed by atoms with Crippen molar-refractivity contribution in [3.05, 3.63) is 53.9 Å². The molecule has 0 spiro atoms. The third kappa shape index (κ3) is 3.45. The summed E-state index contributed by atoms with van der Waals surface area (Å²) in [5, 5.41) is 0. The average molecular weight is 285 g/mol. The molecule has 0 saturated heterocycles. The number of nitrogens with zero attached hydrogens (tertiary/aromatic N) is 1. The van der Waals surface area contributed by atoms with E-state index in [9.17, 15) is 9.59 Å². The molecule has 2 aromatic rings. The van der Waals surface area contributed by atoms with Gasteiger partial charge in [0.15, 0.2) is 11.6 Å². The Balaban J connectivity index is 2.19. The molecule has 1 aromatic carbocycles. The number of rotatable bonds is 6. The first kappa shape index (κ1) is 14.7. The number of ether oxygens (including phenoxy) is 2. The Morgan fingerprint density at radius 2 is 1.90 bits per heavy atom. The zero-order chi connectivity index (χ0) is 15.2. The van der Waals surface area contributed by atoms with Crippen molar-refractivity contribution < 1.29 is 19.1 Å². The third-order valence-electron chi connectivity index (χ3n) is 3.01. The van der Waals surface area contributed by atoms with Gasteiger partial charge >= 0.3 is 0 Å². The Morgan fingerprint density at radius 3 is 2.52 bits per heavy atom. The van der Waals surface area contributed by atoms with Crippen LogP contribution in [0.3, 0.4) is 0 Å². The van der Waals surface area contributed by atoms with E-state index in [4.69, 9.17) is 9.47 Å². The molecule has 0 bridgehead atoms. The lowest BCUT2D eigenvalue weighted by Gasteiger charge is -2.09. The summed E-state index contributed by atoms with van der Waals surface area (Å²) < 4.78 is 10.2. The van der Waals surface area contributed by atoms with E-state index in [1.807, 2.05) is 0 Å². The van der Waals surface area contributed by atoms with Gasteiger partial charge in [0.25, 0.3) is 0 Å². The van der Waals surface area contributed by atoms with E-state index < -0.39 is 0 Å². The lowest BCUT2D eigenvalue weighted by atomic mass is 10.0. The van der Waals surface area contributed by atoms with Gasteiger partial charge in [-0.1, -0.05) is 0 Å². The minimum absolute atomic E-state index is 0.228. The summed E-state index contributed by atoms with van der Waals surface area (Å²) in [5.74, 6) is 0.398. The summed E-state index contributed by atoms with van der Waals surface area (Å²) in [6.07, 6.45) is 2.79. The number of pyridine rings is 1. The van der Waals surface area contributed by atoms with Crippen LogP contribution >= 0.6 is 0 Å². The molecule has 5 nitrogen and oxygen atoms in total. The van der Waals surface area contributed by atoms with Crippen molar-refractivity contribution in [1.82, 2.24) is 4.98 Å². The van der Waals surface area contributed by atoms with Crippen LogP contribution in [0, 0.1) is 0 Å². The molecule has 108 valence electrons. The first-order valence-electron chi connectivity index (χ1n) is 6.34. The van der Waals surface area contributed by atoms with Gasteiger partial charge in [-0.05, 0) is 24.3 Å². The molecule has 0 atom stereocenters. The Bertz CT molecular complexity index is 653. The fourth-order valence-electron chi connectivity index (χ4n) is 1.90. The van der Waals surface area contributed by atoms with Crippen LogP contribution in [-0.4, -0.2) is 30.8 Å². The van der Waals surface area contributed by atoms with Crippen LogP contribution in [0.2, 0.25) is 0 Å². The van der Waals surface area contributed by atoms with Gasteiger partial charge in [-0.3, -0.25) is 14.6 Å². The van der Waals surface area contributed by atoms with Crippen LogP contribution in [0.1, 0.15) is 27.1 Å². The molecule has 1 heterocycles. The van der Waals surface area contributed by atoms with E-state index in [-0.39, 0.29) is 18.0 Å². The molecular formula is C16H15NO4. The molecule has 0 amide bonds. The Kier molecular flexibility index (Phi) is 4.66. The van der Waals surface area contributed by atoms with Gasteiger partial charge in [-0.25, -0.2) is 0 Å². The summed E-state index contributed by atoms with van der Waals surface area (Å²) >= 11 is 0. The van der Waals surface area contributed by atoms with Gasteiger partial charge in [-0.15, -0.1) is 0 Å². The number of Topliss-reactive ketones (excluding diaryl/α,β-unsaturated/α-hetero) is 2. The van der Waals surface area contributed by atoms with E-state index >= 15 is 0 Å². The van der Waals surface area contributed by atoms with Crippen molar-refractivity contribution in [3.63, 3.8) is 0 Å². The topological polar surface area (TPSA) is 65.5 Å². The van der Waals surface area contributed by atoms with Crippen LogP contribution < -0.4 is 9.47 Å². The summed E-state index contributed by atoms with van der Waals surface area (Å²) in [6, 6.07) is 8.15. The van der Waals surface area contributed by atoms with Crippen LogP contribution in [0.4, 0.5) is 0 Å². The molecule has 0 aliphatic rings. The van der Waals surface area contributed by atoms with Gasteiger partial charge in [0, 0.05) is 24.0 Å². The molecular weight excluding hydrogens is 270 g/mol. The fourth-order valence-corrected chi connectivity index (χ4v) is 1.90. The van der Waals surface area contributed by atoms with Gasteiger partial charge < -0.3 is 9.47 Å². The van der Waals surface area contributed by atoms with Crippen LogP contribution in [0.15, 0.2) is 42.7 Å². The number of ketones is 2. The van der Waals surface area contributed by atoms with Crippen molar-refractivity contribution in [1.29, 1.82) is 0 Å². The Labute approximate surface area is 122 Å². The zero-order valence-corrected chi connectivity index (χ0v) is 11.8. The largest absolute Gasteiger partial charge is 0.497 e. The maximum Gasteiger partial charge on any atom is 0.174 e. The number of aromatic nitrogens is 1. The van der Waals surface area contributed by atoms with E-state index in [1.54, 1.807) is 36.5 Å². The highest BCUT2D eigenvalue weighted by molar-refractivity contribution is 6.14. The van der Waals surface area contributed by atoms with Crippen molar-refractivity contribution in [2.24, 2.45) is 0 Å². The Morgan fingerprint density at radius 1 is 1.10 bits per heavy atom. The quantitative estimate of drug-likeness (QED) is 0.603. The van der Waals surface area contributed by atoms with Gasteiger partial charge in [0.05, 0.1) is 26.2 Å². The predicted octanol–water partition coefficient (Wildman–Crippen LogP) is 2.55. The first-order valence-corrected chi connectivity index (χ1v) is 6.34. The van der Waals surface area contributed by atoms with E-state index in [0.717, 1.165) is 0 Å². The summed E-state index contributed by atoms with van der Waals surface area (Å²) in [7, 11) is 3.00. The van der Waals surface area contributed by atoms with E-state index in [0.29, 0.717) is 22.6 Å². The standard InChI is InChI=1S/C16H15NO4/c1-20-12-5-6-13(16(8-12)21-2)15(19)9-14(18)11-4-3-7-17-10-11/h3-8,10H,9H2,1-2H3. The molecule has 0 aliphatic heterocycles. The minimum Gasteiger partial charge on any atom is -0.497 e. The summed E-state index contributed by atoms with van der Waals surface area (Å²) in [4.78, 5) is 28.1. The van der Waals surface area contributed by atoms with Crippen molar-refractivity contribution in [2.45, 2.75) is 6.42 Å². The molecule has 0 aliphatic carbocycles. The van der Waals surface area contributed by atoms with Crippen LogP contribution in [0.25, 0.3) is 0 Å². The number of benzene rings is 1. The first-order chi connectivity index (χ1) is 10.2. The lowest BCUT2D eigenvalue weighted by Crippen LogP contribution is -2.10. The fraction of sp³-hybridized carbons (Fsp3) is 0.188. The molecule has 0 N–H and O–H groups in total. The highest BCUT2D eigenvalue weighted by Gasteiger charge is 2.17. The van der Waals surface area contributed by atoms with Crippen LogP contribution in [0.5, 0.6) is 11.5 Å². The van der Waals surface area contributed by atoms with E-state index in [2.05, 4.69) is 4.98 Å². The maximum absolute atomic E-state index is 12.2. The summed E-state index contributed by atoms with van der Waals surface area (Å²) in [5.41, 5.74) is 0.772. The number of carbonyl (C=O) groups is 2. The van der Waals surface area contributed by atoms with E-state index in [1.165, 1.54) is 20.4 Å².